The van der Waals surface area contributed by atoms with E-state index in [4.69, 9.17) is 0 Å². The van der Waals surface area contributed by atoms with Crippen LogP contribution in [0.5, 0.6) is 0 Å². The predicted molar refractivity (Wildman–Crippen MR) is 109 cm³/mol. The predicted octanol–water partition coefficient (Wildman–Crippen LogP) is 4.70. The number of benzene rings is 2. The Morgan fingerprint density at radius 2 is 1.42 bits per heavy atom. The van der Waals surface area contributed by atoms with Gasteiger partial charge in [-0.25, -0.2) is 17.6 Å². The largest absolute Gasteiger partial charge is 0.480 e. The van der Waals surface area contributed by atoms with Crippen molar-refractivity contribution in [2.75, 3.05) is 6.26 Å². The quantitative estimate of drug-likeness (QED) is 0.481. The number of hydrogen-bond acceptors (Lipinski definition) is 4. The molecule has 0 aromatic heterocycles. The number of carbonyl (C=O) groups is 1. The molecule has 0 aliphatic rings. The van der Waals surface area contributed by atoms with E-state index in [2.05, 4.69) is 4.99 Å². The highest BCUT2D eigenvalue weighted by Crippen LogP contribution is 2.28. The molecule has 2 aromatic rings. The molecule has 0 aliphatic carbocycles. The minimum Gasteiger partial charge on any atom is -0.480 e. The summed E-state index contributed by atoms with van der Waals surface area (Å²) in [5.74, 6) is -1.66. The van der Waals surface area contributed by atoms with Crippen LogP contribution >= 0.6 is 0 Å². The molecule has 0 fully saturated rings. The molecule has 1 atom stereocenters. The Kier molecular flexibility index (Phi) is 6.94. The lowest BCUT2D eigenvalue weighted by molar-refractivity contribution is -0.139. The fraction of sp³-hybridized carbons (Fsp3) is 0.333. The molecule has 0 aliphatic heterocycles. The van der Waals surface area contributed by atoms with Gasteiger partial charge in [-0.05, 0) is 37.1 Å². The van der Waals surface area contributed by atoms with Crippen LogP contribution in [0.3, 0.4) is 0 Å². The minimum atomic E-state index is -4.95. The lowest BCUT2D eigenvalue weighted by atomic mass is 9.99. The van der Waals surface area contributed by atoms with Crippen molar-refractivity contribution in [1.82, 2.24) is 0 Å². The van der Waals surface area contributed by atoms with Crippen LogP contribution in [0.4, 0.5) is 17.6 Å². The Bertz CT molecular complexity index is 1070. The molecule has 0 heterocycles. The number of carboxylic acid groups (broad SMARTS) is 1. The van der Waals surface area contributed by atoms with Gasteiger partial charge in [0.15, 0.2) is 15.9 Å². The zero-order valence-electron chi connectivity index (χ0n) is 16.9. The van der Waals surface area contributed by atoms with Gasteiger partial charge in [0, 0.05) is 18.2 Å². The van der Waals surface area contributed by atoms with Gasteiger partial charge in [0.2, 0.25) is 0 Å². The molecule has 1 N–H and O–H groups in total. The van der Waals surface area contributed by atoms with Crippen LogP contribution in [-0.2, 0) is 14.6 Å². The van der Waals surface area contributed by atoms with E-state index >= 15 is 0 Å². The molecule has 0 unspecified atom stereocenters. The number of aliphatic carboxylic acids is 1. The summed E-state index contributed by atoms with van der Waals surface area (Å²) in [6, 6.07) is 8.93. The first kappa shape index (κ1) is 24.5. The molecule has 168 valence electrons. The first-order valence-electron chi connectivity index (χ1n) is 9.05. The summed E-state index contributed by atoms with van der Waals surface area (Å²) in [6.07, 6.45) is -4.61. The minimum absolute atomic E-state index is 0.106. The van der Waals surface area contributed by atoms with E-state index in [1.807, 2.05) is 0 Å². The zero-order valence-corrected chi connectivity index (χ0v) is 17.8. The molecule has 5 nitrogen and oxygen atoms in total. The Hall–Kier alpha value is -2.75. The maximum Gasteiger partial charge on any atom is 0.433 e. The summed E-state index contributed by atoms with van der Waals surface area (Å²) in [5.41, 5.74) is -2.71. The number of nitrogens with zero attached hydrogens (tertiary/aromatic N) is 1. The average molecular weight is 459 g/mol. The van der Waals surface area contributed by atoms with Gasteiger partial charge in [-0.1, -0.05) is 36.4 Å². The summed E-state index contributed by atoms with van der Waals surface area (Å²) >= 11 is 0. The van der Waals surface area contributed by atoms with Crippen molar-refractivity contribution >= 4 is 21.5 Å². The van der Waals surface area contributed by atoms with Crippen molar-refractivity contribution in [3.05, 3.63) is 54.1 Å². The van der Waals surface area contributed by atoms with Crippen LogP contribution in [0.1, 0.15) is 25.8 Å². The van der Waals surface area contributed by atoms with Gasteiger partial charge in [0.05, 0.1) is 4.90 Å². The maximum atomic E-state index is 13.8. The number of hydrogen-bond donors (Lipinski definition) is 1. The summed E-state index contributed by atoms with van der Waals surface area (Å²) in [7, 11) is -3.38. The zero-order chi connectivity index (χ0) is 23.6. The summed E-state index contributed by atoms with van der Waals surface area (Å²) in [5, 5.41) is 9.19. The Balaban J connectivity index is 2.42. The van der Waals surface area contributed by atoms with Crippen molar-refractivity contribution < 1.29 is 35.9 Å². The van der Waals surface area contributed by atoms with Gasteiger partial charge in [-0.3, -0.25) is 4.99 Å². The van der Waals surface area contributed by atoms with E-state index in [1.165, 1.54) is 36.4 Å². The van der Waals surface area contributed by atoms with Gasteiger partial charge in [-0.15, -0.1) is 0 Å². The average Bonchev–Trinajstić information content (AvgIpc) is 2.62. The van der Waals surface area contributed by atoms with Crippen molar-refractivity contribution in [2.45, 2.75) is 43.1 Å². The smallest absolute Gasteiger partial charge is 0.433 e. The topological polar surface area (TPSA) is 83.8 Å². The third-order valence-corrected chi connectivity index (χ3v) is 5.42. The van der Waals surface area contributed by atoms with E-state index in [-0.39, 0.29) is 10.5 Å². The maximum absolute atomic E-state index is 13.8. The molecule has 2 aromatic carbocycles. The molecule has 10 heteroatoms. The van der Waals surface area contributed by atoms with Crippen LogP contribution in [0, 0.1) is 0 Å². The fourth-order valence-corrected chi connectivity index (χ4v) is 3.46. The third-order valence-electron chi connectivity index (χ3n) is 4.29. The van der Waals surface area contributed by atoms with Gasteiger partial charge in [0.1, 0.15) is 11.4 Å². The van der Waals surface area contributed by atoms with Crippen molar-refractivity contribution in [1.29, 1.82) is 0 Å². The van der Waals surface area contributed by atoms with Crippen LogP contribution < -0.4 is 0 Å². The highest BCUT2D eigenvalue weighted by molar-refractivity contribution is 7.90. The van der Waals surface area contributed by atoms with E-state index in [9.17, 15) is 35.9 Å². The molecule has 0 saturated heterocycles. The second kappa shape index (κ2) is 8.78. The molecule has 0 saturated carbocycles. The molecular formula is C21H21F4NO4S. The molecular weight excluding hydrogens is 438 g/mol. The number of alkyl halides is 4. The fourth-order valence-electron chi connectivity index (χ4n) is 2.83. The Morgan fingerprint density at radius 3 is 1.77 bits per heavy atom. The van der Waals surface area contributed by atoms with Crippen LogP contribution in [0.25, 0.3) is 11.1 Å². The van der Waals surface area contributed by atoms with Gasteiger partial charge in [0.25, 0.3) is 0 Å². The van der Waals surface area contributed by atoms with Crippen molar-refractivity contribution in [3.63, 3.8) is 0 Å². The van der Waals surface area contributed by atoms with Gasteiger partial charge < -0.3 is 5.11 Å². The number of aliphatic imine (C=N–C) groups is 1. The number of rotatable bonds is 7. The second-order valence-corrected chi connectivity index (χ2v) is 9.64. The van der Waals surface area contributed by atoms with E-state index < -0.39 is 45.8 Å². The number of sulfone groups is 1. The molecule has 0 radical (unpaired) electrons. The Morgan fingerprint density at radius 1 is 0.968 bits per heavy atom. The van der Waals surface area contributed by atoms with Crippen LogP contribution in [0.2, 0.25) is 0 Å². The summed E-state index contributed by atoms with van der Waals surface area (Å²) < 4.78 is 77.6. The monoisotopic (exact) mass is 459 g/mol. The van der Waals surface area contributed by atoms with Crippen LogP contribution in [0.15, 0.2) is 58.4 Å². The lowest BCUT2D eigenvalue weighted by Gasteiger charge is -2.19. The molecule has 2 rings (SSSR count). The van der Waals surface area contributed by atoms with E-state index in [0.29, 0.717) is 11.1 Å². The van der Waals surface area contributed by atoms with Gasteiger partial charge in [-0.2, -0.15) is 13.2 Å². The standard InChI is InChI=1S/C21H21F4NO4S/c1-20(2,22)12-17(19(27)28)26-18(21(23,24)25)15-6-4-13(5-7-15)14-8-10-16(11-9-14)31(3,29)30/h4-11,17H,12H2,1-3H3,(H,27,28)/t17-/m0/s1. The SMILES string of the molecule is CC(C)(F)C[C@H](N=C(c1ccc(-c2ccc(S(C)(=O)=O)cc2)cc1)C(F)(F)F)C(=O)O. The Labute approximate surface area is 177 Å². The van der Waals surface area contributed by atoms with Crippen molar-refractivity contribution in [2.24, 2.45) is 4.99 Å². The molecule has 0 spiro atoms. The van der Waals surface area contributed by atoms with Crippen molar-refractivity contribution in [3.8, 4) is 11.1 Å². The summed E-state index contributed by atoms with van der Waals surface area (Å²) in [4.78, 5) is 14.8. The summed E-state index contributed by atoms with van der Waals surface area (Å²) in [6.45, 7) is 2.13. The highest BCUT2D eigenvalue weighted by Gasteiger charge is 2.39. The highest BCUT2D eigenvalue weighted by atomic mass is 32.2. The molecule has 0 amide bonds. The lowest BCUT2D eigenvalue weighted by Crippen LogP contribution is -2.32. The first-order valence-corrected chi connectivity index (χ1v) is 10.9. The first-order chi connectivity index (χ1) is 14.1. The van der Waals surface area contributed by atoms with Crippen LogP contribution in [-0.4, -0.2) is 49.3 Å². The number of halogens is 4. The molecule has 31 heavy (non-hydrogen) atoms. The van der Waals surface area contributed by atoms with E-state index in [1.54, 1.807) is 0 Å². The van der Waals surface area contributed by atoms with Gasteiger partial charge >= 0.3 is 12.1 Å². The second-order valence-electron chi connectivity index (χ2n) is 7.63. The molecule has 0 bridgehead atoms. The normalized spacial score (nSPS) is 14.4. The van der Waals surface area contributed by atoms with E-state index in [0.717, 1.165) is 32.2 Å². The number of carboxylic acids is 1. The third kappa shape index (κ3) is 6.88.